The average Bonchev–Trinajstić information content (AvgIpc) is 3.19. The van der Waals surface area contributed by atoms with Gasteiger partial charge in [-0.2, -0.15) is 0 Å². The van der Waals surface area contributed by atoms with E-state index in [1.54, 1.807) is 4.57 Å². The van der Waals surface area contributed by atoms with E-state index in [0.717, 1.165) is 45.7 Å². The quantitative estimate of drug-likeness (QED) is 0.225. The van der Waals surface area contributed by atoms with Gasteiger partial charge in [-0.15, -0.1) is 6.58 Å². The minimum absolute atomic E-state index is 0.00652. The van der Waals surface area contributed by atoms with Crippen LogP contribution in [0, 0.1) is 11.7 Å². The summed E-state index contributed by atoms with van der Waals surface area (Å²) in [5, 5.41) is 19.4. The van der Waals surface area contributed by atoms with Crippen LogP contribution < -0.4 is 15.6 Å². The fourth-order valence-electron chi connectivity index (χ4n) is 5.18. The molecule has 12 heteroatoms. The molecule has 0 bridgehead atoms. The molecule has 1 unspecified atom stereocenters. The number of nitrogens with one attached hydrogen (secondary N) is 1. The summed E-state index contributed by atoms with van der Waals surface area (Å²) in [6.07, 6.45) is 4.91. The summed E-state index contributed by atoms with van der Waals surface area (Å²) in [6.45, 7) is 19.2. The molecule has 44 heavy (non-hydrogen) atoms. The lowest BCUT2D eigenvalue weighted by molar-refractivity contribution is -0.134. The van der Waals surface area contributed by atoms with E-state index in [9.17, 15) is 23.9 Å². The standard InChI is InChI=1S/C21H26FN3O3.C10H20N2O2.CH4O/c1-5-24-11-16(21(27)28)18(26)15-9-17(22)20(23-19(15)24)25-8-6-7-14(12(2)3)13(4)10-25;1-4-6-12(3)8-10(14-9-13)7-11-5-2;1-2/h9,11-12H,5-8,10H2,1-4H3,(H,27,28);4,9-11H,1,5-8H2,2-3H3;2H,1H3. The Labute approximate surface area is 260 Å². The fourth-order valence-corrected chi connectivity index (χ4v) is 5.18. The van der Waals surface area contributed by atoms with E-state index in [0.29, 0.717) is 44.2 Å². The van der Waals surface area contributed by atoms with Gasteiger partial charge in [-0.05, 0) is 52.3 Å². The molecule has 0 saturated carbocycles. The van der Waals surface area contributed by atoms with Crippen molar-refractivity contribution in [1.82, 2.24) is 19.8 Å². The highest BCUT2D eigenvalue weighted by Gasteiger charge is 2.23. The monoisotopic (exact) mass is 619 g/mol. The molecule has 0 fully saturated rings. The van der Waals surface area contributed by atoms with E-state index in [1.807, 2.05) is 31.9 Å². The van der Waals surface area contributed by atoms with Crippen molar-refractivity contribution < 1.29 is 28.9 Å². The third-order valence-corrected chi connectivity index (χ3v) is 7.23. The number of hydrogen-bond donors (Lipinski definition) is 3. The second-order valence-electron chi connectivity index (χ2n) is 10.8. The second kappa shape index (κ2) is 19.6. The van der Waals surface area contributed by atoms with Crippen LogP contribution in [0.1, 0.15) is 57.8 Å². The van der Waals surface area contributed by atoms with Crippen LogP contribution in [0.15, 0.2) is 40.9 Å². The molecule has 0 amide bonds. The maximum atomic E-state index is 15.0. The van der Waals surface area contributed by atoms with Crippen LogP contribution in [-0.4, -0.2) is 96.6 Å². The summed E-state index contributed by atoms with van der Waals surface area (Å²) in [6, 6.07) is 1.13. The zero-order valence-electron chi connectivity index (χ0n) is 27.2. The van der Waals surface area contributed by atoms with Crippen LogP contribution in [0.3, 0.4) is 0 Å². The number of carbonyl (C=O) groups is 2. The summed E-state index contributed by atoms with van der Waals surface area (Å²) in [4.78, 5) is 42.5. The Bertz CT molecular complexity index is 1330. The number of aryl methyl sites for hydroxylation is 1. The number of allylic oxidation sites excluding steroid dienone is 1. The Morgan fingerprint density at radius 1 is 1.32 bits per heavy atom. The van der Waals surface area contributed by atoms with Crippen molar-refractivity contribution in [2.45, 2.75) is 60.1 Å². The van der Waals surface area contributed by atoms with Gasteiger partial charge in [0.1, 0.15) is 17.3 Å². The largest absolute Gasteiger partial charge is 0.477 e. The molecule has 3 N–H and O–H groups in total. The smallest absolute Gasteiger partial charge is 0.341 e. The lowest BCUT2D eigenvalue weighted by Crippen LogP contribution is -2.38. The third-order valence-electron chi connectivity index (χ3n) is 7.23. The highest BCUT2D eigenvalue weighted by molar-refractivity contribution is 5.92. The van der Waals surface area contributed by atoms with Gasteiger partial charge in [0.15, 0.2) is 11.6 Å². The predicted molar refractivity (Wildman–Crippen MR) is 173 cm³/mol. The van der Waals surface area contributed by atoms with Crippen LogP contribution >= 0.6 is 0 Å². The van der Waals surface area contributed by atoms with Crippen LogP contribution in [0.4, 0.5) is 10.2 Å². The molecule has 0 aromatic carbocycles. The number of nitrogens with zero attached hydrogens (tertiary/aromatic N) is 4. The number of aliphatic hydroxyl groups excluding tert-OH is 1. The van der Waals surface area contributed by atoms with Crippen molar-refractivity contribution in [3.8, 4) is 0 Å². The van der Waals surface area contributed by atoms with Crippen molar-refractivity contribution in [2.24, 2.45) is 5.92 Å². The van der Waals surface area contributed by atoms with Crippen molar-refractivity contribution in [3.05, 3.63) is 57.7 Å². The van der Waals surface area contributed by atoms with Gasteiger partial charge in [0, 0.05) is 52.6 Å². The number of likely N-dealkylation sites (N-methyl/N-ethyl adjacent to an activating group) is 2. The van der Waals surface area contributed by atoms with Gasteiger partial charge in [-0.1, -0.05) is 38.0 Å². The minimum atomic E-state index is -1.33. The average molecular weight is 620 g/mol. The SMILES string of the molecule is C=CCN(C)CC(CNCC)OC=O.CCn1cc(C(=O)O)c(=O)c2cc(F)c(N3CCCC(C(C)C)=C(C)C3)nc21.CO. The number of aromatic nitrogens is 2. The number of carbonyl (C=O) groups excluding carboxylic acids is 1. The lowest BCUT2D eigenvalue weighted by atomic mass is 9.95. The van der Waals surface area contributed by atoms with Gasteiger partial charge in [-0.3, -0.25) is 14.5 Å². The Kier molecular flexibility index (Phi) is 17.1. The molecular weight excluding hydrogens is 569 g/mol. The first kappa shape index (κ1) is 38.4. The number of carboxylic acid groups (broad SMARTS) is 1. The Balaban J connectivity index is 0.000000513. The van der Waals surface area contributed by atoms with E-state index in [4.69, 9.17) is 9.84 Å². The molecule has 1 aliphatic heterocycles. The molecule has 0 saturated heterocycles. The molecular formula is C32H50FN5O6. The lowest BCUT2D eigenvalue weighted by Gasteiger charge is -2.24. The van der Waals surface area contributed by atoms with Gasteiger partial charge in [0.05, 0.1) is 5.39 Å². The van der Waals surface area contributed by atoms with Crippen LogP contribution in [-0.2, 0) is 16.1 Å². The van der Waals surface area contributed by atoms with Gasteiger partial charge < -0.3 is 29.7 Å². The Morgan fingerprint density at radius 2 is 2.00 bits per heavy atom. The maximum absolute atomic E-state index is 15.0. The second-order valence-corrected chi connectivity index (χ2v) is 10.8. The minimum Gasteiger partial charge on any atom is -0.477 e. The van der Waals surface area contributed by atoms with Gasteiger partial charge in [-0.25, -0.2) is 14.2 Å². The normalized spacial score (nSPS) is 13.9. The number of aliphatic hydroxyl groups is 1. The molecule has 246 valence electrons. The van der Waals surface area contributed by atoms with Gasteiger partial charge in [0.25, 0.3) is 6.47 Å². The van der Waals surface area contributed by atoms with Crippen molar-refractivity contribution in [3.63, 3.8) is 0 Å². The molecule has 1 atom stereocenters. The number of fused-ring (bicyclic) bond motifs is 1. The highest BCUT2D eigenvalue weighted by Crippen LogP contribution is 2.29. The van der Waals surface area contributed by atoms with E-state index in [2.05, 4.69) is 42.6 Å². The summed E-state index contributed by atoms with van der Waals surface area (Å²) < 4.78 is 21.5. The topological polar surface area (TPSA) is 137 Å². The number of aromatic carboxylic acids is 1. The molecule has 11 nitrogen and oxygen atoms in total. The van der Waals surface area contributed by atoms with E-state index < -0.39 is 17.2 Å². The summed E-state index contributed by atoms with van der Waals surface area (Å²) in [5.74, 6) is -1.26. The molecule has 2 aromatic heterocycles. The molecule has 2 aromatic rings. The van der Waals surface area contributed by atoms with E-state index in [1.165, 1.54) is 17.3 Å². The number of hydrogen-bond acceptors (Lipinski definition) is 9. The first-order chi connectivity index (χ1) is 21.0. The molecule has 3 rings (SSSR count). The van der Waals surface area contributed by atoms with Crippen molar-refractivity contribution in [2.75, 3.05) is 58.3 Å². The molecule has 0 spiro atoms. The zero-order valence-corrected chi connectivity index (χ0v) is 27.2. The number of pyridine rings is 2. The van der Waals surface area contributed by atoms with Crippen molar-refractivity contribution in [1.29, 1.82) is 0 Å². The van der Waals surface area contributed by atoms with E-state index >= 15 is 0 Å². The molecule has 0 radical (unpaired) electrons. The van der Waals surface area contributed by atoms with Crippen LogP contribution in [0.2, 0.25) is 0 Å². The number of ether oxygens (including phenoxy) is 1. The number of anilines is 1. The first-order valence-electron chi connectivity index (χ1n) is 14.9. The first-order valence-corrected chi connectivity index (χ1v) is 14.9. The molecule has 3 heterocycles. The highest BCUT2D eigenvalue weighted by atomic mass is 19.1. The predicted octanol–water partition coefficient (Wildman–Crippen LogP) is 3.69. The molecule has 1 aliphatic rings. The van der Waals surface area contributed by atoms with E-state index in [-0.39, 0.29) is 22.9 Å². The van der Waals surface area contributed by atoms with Crippen LogP contribution in [0.5, 0.6) is 0 Å². The number of rotatable bonds is 13. The maximum Gasteiger partial charge on any atom is 0.341 e. The summed E-state index contributed by atoms with van der Waals surface area (Å²) >= 11 is 0. The fraction of sp³-hybridized carbons (Fsp3) is 0.562. The number of halogens is 1. The Morgan fingerprint density at radius 3 is 2.55 bits per heavy atom. The zero-order chi connectivity index (χ0) is 33.4. The summed E-state index contributed by atoms with van der Waals surface area (Å²) in [7, 11) is 2.97. The third kappa shape index (κ3) is 10.8. The van der Waals surface area contributed by atoms with Crippen LogP contribution in [0.25, 0.3) is 11.0 Å². The molecule has 0 aliphatic carbocycles. The Hall–Kier alpha value is -3.61. The summed E-state index contributed by atoms with van der Waals surface area (Å²) in [5.41, 5.74) is 1.85. The number of carboxylic acids is 1. The van der Waals surface area contributed by atoms with Crippen molar-refractivity contribution >= 4 is 29.3 Å². The van der Waals surface area contributed by atoms with Gasteiger partial charge in [0.2, 0.25) is 5.43 Å². The van der Waals surface area contributed by atoms with Gasteiger partial charge >= 0.3 is 5.97 Å².